The topological polar surface area (TPSA) is 52.3 Å². The number of aromatic nitrogens is 3. The summed E-state index contributed by atoms with van der Waals surface area (Å²) in [6, 6.07) is 10.3. The second kappa shape index (κ2) is 7.89. The highest BCUT2D eigenvalue weighted by molar-refractivity contribution is 5.78. The maximum atomic E-state index is 12.3. The van der Waals surface area contributed by atoms with Crippen LogP contribution in [0.25, 0.3) is 11.0 Å². The first-order valence-electron chi connectivity index (χ1n) is 9.91. The molecule has 3 heterocycles. The molecular weight excluding hydrogens is 352 g/mol. The van der Waals surface area contributed by atoms with Crippen LogP contribution in [0.1, 0.15) is 29.7 Å². The molecule has 0 N–H and O–H groups in total. The summed E-state index contributed by atoms with van der Waals surface area (Å²) in [5, 5.41) is 0. The second-order valence-corrected chi connectivity index (χ2v) is 7.79. The van der Waals surface area contributed by atoms with Crippen molar-refractivity contribution < 1.29 is 4.74 Å². The molecule has 1 aliphatic heterocycles. The Morgan fingerprint density at radius 1 is 1.18 bits per heavy atom. The number of pyridine rings is 1. The Hall–Kier alpha value is -2.44. The molecule has 1 aromatic carbocycles. The largest absolute Gasteiger partial charge is 0.377 e. The van der Waals surface area contributed by atoms with Crippen LogP contribution in [0.5, 0.6) is 0 Å². The van der Waals surface area contributed by atoms with Crippen LogP contribution in [0, 0.1) is 6.92 Å². The van der Waals surface area contributed by atoms with E-state index in [9.17, 15) is 4.79 Å². The first kappa shape index (κ1) is 18.9. The predicted molar refractivity (Wildman–Crippen MR) is 110 cm³/mol. The average molecular weight is 380 g/mol. The summed E-state index contributed by atoms with van der Waals surface area (Å²) in [6.07, 6.45) is 4.38. The van der Waals surface area contributed by atoms with Crippen LogP contribution in [0.3, 0.4) is 0 Å². The van der Waals surface area contributed by atoms with Crippen LogP contribution >= 0.6 is 0 Å². The molecule has 1 aliphatic rings. The van der Waals surface area contributed by atoms with E-state index in [4.69, 9.17) is 4.74 Å². The summed E-state index contributed by atoms with van der Waals surface area (Å²) in [5.74, 6) is 0. The predicted octanol–water partition coefficient (Wildman–Crippen LogP) is 2.76. The van der Waals surface area contributed by atoms with Gasteiger partial charge in [0.05, 0.1) is 22.8 Å². The van der Waals surface area contributed by atoms with Gasteiger partial charge in [-0.05, 0) is 55.2 Å². The minimum Gasteiger partial charge on any atom is -0.377 e. The Bertz CT molecular complexity index is 1020. The van der Waals surface area contributed by atoms with Crippen molar-refractivity contribution in [1.82, 2.24) is 19.0 Å². The minimum atomic E-state index is 0.0104. The van der Waals surface area contributed by atoms with Crippen LogP contribution < -0.4 is 5.69 Å². The molecule has 1 atom stereocenters. The average Bonchev–Trinajstić information content (AvgIpc) is 3.27. The van der Waals surface area contributed by atoms with Crippen molar-refractivity contribution in [2.45, 2.75) is 39.0 Å². The molecule has 28 heavy (non-hydrogen) atoms. The van der Waals surface area contributed by atoms with Gasteiger partial charge in [-0.25, -0.2) is 4.79 Å². The number of benzene rings is 1. The summed E-state index contributed by atoms with van der Waals surface area (Å²) in [7, 11) is 3.66. The minimum absolute atomic E-state index is 0.0104. The van der Waals surface area contributed by atoms with Crippen molar-refractivity contribution in [2.75, 3.05) is 13.2 Å². The molecule has 2 aromatic heterocycles. The number of imidazole rings is 1. The Balaban J connectivity index is 1.64. The van der Waals surface area contributed by atoms with Crippen molar-refractivity contribution in [2.24, 2.45) is 14.1 Å². The Labute approximate surface area is 165 Å². The zero-order chi connectivity index (χ0) is 19.7. The van der Waals surface area contributed by atoms with Crippen molar-refractivity contribution in [3.63, 3.8) is 0 Å². The molecule has 0 saturated carbocycles. The molecule has 6 nitrogen and oxygen atoms in total. The number of hydrogen-bond acceptors (Lipinski definition) is 4. The number of ether oxygens (including phenoxy) is 1. The smallest absolute Gasteiger partial charge is 0.328 e. The lowest BCUT2D eigenvalue weighted by Crippen LogP contribution is -2.32. The van der Waals surface area contributed by atoms with Crippen LogP contribution in [0.15, 0.2) is 41.3 Å². The fourth-order valence-electron chi connectivity index (χ4n) is 4.09. The molecule has 3 aromatic rings. The Morgan fingerprint density at radius 3 is 2.64 bits per heavy atom. The van der Waals surface area contributed by atoms with Gasteiger partial charge >= 0.3 is 5.69 Å². The zero-order valence-electron chi connectivity index (χ0n) is 16.9. The second-order valence-electron chi connectivity index (χ2n) is 7.79. The molecule has 0 aliphatic carbocycles. The summed E-state index contributed by atoms with van der Waals surface area (Å²) in [5.41, 5.74) is 5.46. The SMILES string of the molecule is Cc1cc2c(cc1CN(Cc1ccccn1)CC1CCCO1)n(C)c(=O)n2C. The van der Waals surface area contributed by atoms with Gasteiger partial charge in [0.15, 0.2) is 0 Å². The van der Waals surface area contributed by atoms with E-state index in [0.29, 0.717) is 0 Å². The maximum Gasteiger partial charge on any atom is 0.328 e. The fraction of sp³-hybridized carbons (Fsp3) is 0.455. The number of hydrogen-bond donors (Lipinski definition) is 0. The molecule has 0 amide bonds. The summed E-state index contributed by atoms with van der Waals surface area (Å²) < 4.78 is 9.32. The van der Waals surface area contributed by atoms with Crippen molar-refractivity contribution >= 4 is 11.0 Å². The van der Waals surface area contributed by atoms with Crippen LogP contribution in [0.2, 0.25) is 0 Å². The van der Waals surface area contributed by atoms with E-state index in [0.717, 1.165) is 55.8 Å². The molecule has 1 fully saturated rings. The standard InChI is InChI=1S/C22H28N4O2/c1-16-11-20-21(25(3)22(27)24(20)2)12-17(16)13-26(15-19-8-6-10-28-19)14-18-7-4-5-9-23-18/h4-5,7,9,11-12,19H,6,8,10,13-15H2,1-3H3. The van der Waals surface area contributed by atoms with Gasteiger partial charge < -0.3 is 4.74 Å². The van der Waals surface area contributed by atoms with Gasteiger partial charge in [-0.2, -0.15) is 0 Å². The van der Waals surface area contributed by atoms with E-state index in [1.54, 1.807) is 9.13 Å². The first-order chi connectivity index (χ1) is 13.5. The first-order valence-corrected chi connectivity index (χ1v) is 9.91. The molecule has 0 radical (unpaired) electrons. The van der Waals surface area contributed by atoms with E-state index < -0.39 is 0 Å². The number of rotatable bonds is 6. The van der Waals surface area contributed by atoms with Gasteiger partial charge in [-0.15, -0.1) is 0 Å². The monoisotopic (exact) mass is 380 g/mol. The van der Waals surface area contributed by atoms with Crippen LogP contribution in [0.4, 0.5) is 0 Å². The fourth-order valence-corrected chi connectivity index (χ4v) is 4.09. The van der Waals surface area contributed by atoms with E-state index in [1.165, 1.54) is 11.1 Å². The summed E-state index contributed by atoms with van der Waals surface area (Å²) >= 11 is 0. The molecule has 1 saturated heterocycles. The van der Waals surface area contributed by atoms with Crippen molar-refractivity contribution in [3.05, 3.63) is 63.8 Å². The van der Waals surface area contributed by atoms with Crippen LogP contribution in [-0.4, -0.2) is 38.3 Å². The highest BCUT2D eigenvalue weighted by atomic mass is 16.5. The normalized spacial score (nSPS) is 17.1. The third kappa shape index (κ3) is 3.75. The third-order valence-electron chi connectivity index (χ3n) is 5.72. The molecule has 1 unspecified atom stereocenters. The van der Waals surface area contributed by atoms with Gasteiger partial charge in [0.25, 0.3) is 0 Å². The van der Waals surface area contributed by atoms with Gasteiger partial charge in [-0.3, -0.25) is 19.0 Å². The quantitative estimate of drug-likeness (QED) is 0.660. The van der Waals surface area contributed by atoms with Crippen molar-refractivity contribution in [3.8, 4) is 0 Å². The molecular formula is C22H28N4O2. The van der Waals surface area contributed by atoms with Gasteiger partial charge in [0.1, 0.15) is 0 Å². The van der Waals surface area contributed by atoms with E-state index >= 15 is 0 Å². The lowest BCUT2D eigenvalue weighted by molar-refractivity contribution is 0.0674. The van der Waals surface area contributed by atoms with Gasteiger partial charge in [-0.1, -0.05) is 6.07 Å². The van der Waals surface area contributed by atoms with E-state index in [2.05, 4.69) is 35.0 Å². The number of aryl methyl sites for hydroxylation is 3. The Morgan fingerprint density at radius 2 is 1.96 bits per heavy atom. The van der Waals surface area contributed by atoms with E-state index in [-0.39, 0.29) is 11.8 Å². The third-order valence-corrected chi connectivity index (χ3v) is 5.72. The molecule has 0 spiro atoms. The van der Waals surface area contributed by atoms with Gasteiger partial charge in [0.2, 0.25) is 0 Å². The lowest BCUT2D eigenvalue weighted by Gasteiger charge is -2.26. The highest BCUT2D eigenvalue weighted by Crippen LogP contribution is 2.22. The number of nitrogens with zero attached hydrogens (tertiary/aromatic N) is 4. The zero-order valence-corrected chi connectivity index (χ0v) is 16.9. The molecule has 0 bridgehead atoms. The summed E-state index contributed by atoms with van der Waals surface area (Å²) in [4.78, 5) is 19.2. The number of fused-ring (bicyclic) bond motifs is 1. The molecule has 4 rings (SSSR count). The highest BCUT2D eigenvalue weighted by Gasteiger charge is 2.21. The van der Waals surface area contributed by atoms with E-state index in [1.807, 2.05) is 32.4 Å². The Kier molecular flexibility index (Phi) is 5.33. The van der Waals surface area contributed by atoms with Crippen LogP contribution in [-0.2, 0) is 31.9 Å². The molecule has 6 heteroatoms. The molecule has 148 valence electrons. The maximum absolute atomic E-state index is 12.3. The van der Waals surface area contributed by atoms with Gasteiger partial charge in [0, 0.05) is 46.5 Å². The lowest BCUT2D eigenvalue weighted by atomic mass is 10.1. The summed E-state index contributed by atoms with van der Waals surface area (Å²) in [6.45, 7) is 5.46. The van der Waals surface area contributed by atoms with Crippen molar-refractivity contribution in [1.29, 1.82) is 0 Å².